The van der Waals surface area contributed by atoms with Gasteiger partial charge in [0.1, 0.15) is 5.75 Å². The first-order valence-corrected chi connectivity index (χ1v) is 5.87. The molecule has 0 radical (unpaired) electrons. The van der Waals surface area contributed by atoms with Crippen molar-refractivity contribution in [2.75, 3.05) is 5.43 Å². The first-order chi connectivity index (χ1) is 8.65. The van der Waals surface area contributed by atoms with Crippen LogP contribution in [0.1, 0.15) is 11.1 Å². The Kier molecular flexibility index (Phi) is 3.85. The van der Waals surface area contributed by atoms with Crippen LogP contribution in [0.4, 0.5) is 5.69 Å². The summed E-state index contributed by atoms with van der Waals surface area (Å²) in [5.41, 5.74) is 5.55. The number of nitrogens with one attached hydrogen (secondary N) is 1. The number of aryl methyl sites for hydroxylation is 1. The molecule has 0 atom stereocenters. The molecule has 0 aromatic heterocycles. The number of aromatic hydroxyl groups is 1. The lowest BCUT2D eigenvalue weighted by Crippen LogP contribution is -1.91. The van der Waals surface area contributed by atoms with Gasteiger partial charge >= 0.3 is 0 Å². The standard InChI is InChI=1S/C14H13ClN2O/c1-10-5-6-12(8-14(10)15)17-16-9-11-3-2-4-13(18)7-11/h2-9,17-18H,1H3/b16-9-. The molecule has 0 aliphatic carbocycles. The summed E-state index contributed by atoms with van der Waals surface area (Å²) in [5, 5.41) is 14.1. The Labute approximate surface area is 111 Å². The number of anilines is 1. The summed E-state index contributed by atoms with van der Waals surface area (Å²) in [6.45, 7) is 1.95. The third kappa shape index (κ3) is 3.25. The fourth-order valence-corrected chi connectivity index (χ4v) is 1.63. The van der Waals surface area contributed by atoms with Gasteiger partial charge in [0, 0.05) is 5.02 Å². The molecule has 0 aliphatic heterocycles. The van der Waals surface area contributed by atoms with Gasteiger partial charge in [0.15, 0.2) is 0 Å². The van der Waals surface area contributed by atoms with Crippen molar-refractivity contribution in [3.05, 3.63) is 58.6 Å². The van der Waals surface area contributed by atoms with Crippen LogP contribution in [0.25, 0.3) is 0 Å². The van der Waals surface area contributed by atoms with E-state index in [4.69, 9.17) is 11.6 Å². The molecule has 4 heteroatoms. The molecule has 18 heavy (non-hydrogen) atoms. The number of benzene rings is 2. The molecule has 0 fully saturated rings. The molecule has 0 unspecified atom stereocenters. The first kappa shape index (κ1) is 12.5. The van der Waals surface area contributed by atoms with E-state index in [1.165, 1.54) is 0 Å². The maximum absolute atomic E-state index is 9.30. The molecule has 2 aromatic carbocycles. The number of nitrogens with zero attached hydrogens (tertiary/aromatic N) is 1. The fraction of sp³-hybridized carbons (Fsp3) is 0.0714. The van der Waals surface area contributed by atoms with E-state index in [0.29, 0.717) is 5.02 Å². The Balaban J connectivity index is 2.05. The molecular weight excluding hydrogens is 248 g/mol. The lowest BCUT2D eigenvalue weighted by Gasteiger charge is -2.02. The highest BCUT2D eigenvalue weighted by Gasteiger charge is 1.96. The Bertz CT molecular complexity index is 582. The van der Waals surface area contributed by atoms with Gasteiger partial charge in [-0.1, -0.05) is 29.8 Å². The quantitative estimate of drug-likeness (QED) is 0.651. The van der Waals surface area contributed by atoms with Gasteiger partial charge in [-0.25, -0.2) is 0 Å². The van der Waals surface area contributed by atoms with Crippen LogP contribution >= 0.6 is 11.6 Å². The summed E-state index contributed by atoms with van der Waals surface area (Å²) in [7, 11) is 0. The molecule has 2 rings (SSSR count). The summed E-state index contributed by atoms with van der Waals surface area (Å²) in [4.78, 5) is 0. The number of halogens is 1. The van der Waals surface area contributed by atoms with Crippen LogP contribution in [0.2, 0.25) is 5.02 Å². The molecule has 0 spiro atoms. The van der Waals surface area contributed by atoms with E-state index < -0.39 is 0 Å². The van der Waals surface area contributed by atoms with Crippen LogP contribution < -0.4 is 5.43 Å². The average molecular weight is 261 g/mol. The van der Waals surface area contributed by atoms with E-state index in [1.807, 2.05) is 31.2 Å². The topological polar surface area (TPSA) is 44.6 Å². The van der Waals surface area contributed by atoms with Crippen LogP contribution in [0.3, 0.4) is 0 Å². The predicted octanol–water partition coefficient (Wildman–Crippen LogP) is 3.80. The number of rotatable bonds is 3. The minimum absolute atomic E-state index is 0.220. The minimum Gasteiger partial charge on any atom is -0.508 e. The van der Waals surface area contributed by atoms with Crippen molar-refractivity contribution in [3.63, 3.8) is 0 Å². The molecule has 0 saturated heterocycles. The zero-order valence-electron chi connectivity index (χ0n) is 9.89. The summed E-state index contributed by atoms with van der Waals surface area (Å²) in [6, 6.07) is 12.5. The first-order valence-electron chi connectivity index (χ1n) is 5.49. The number of hydrazone groups is 1. The SMILES string of the molecule is Cc1ccc(N/N=C\c2cccc(O)c2)cc1Cl. The fourth-order valence-electron chi connectivity index (χ4n) is 1.45. The summed E-state index contributed by atoms with van der Waals surface area (Å²) in [6.07, 6.45) is 1.63. The highest BCUT2D eigenvalue weighted by Crippen LogP contribution is 2.19. The largest absolute Gasteiger partial charge is 0.508 e. The Morgan fingerprint density at radius 3 is 2.78 bits per heavy atom. The summed E-state index contributed by atoms with van der Waals surface area (Å²) in [5.74, 6) is 0.220. The molecule has 3 nitrogen and oxygen atoms in total. The zero-order valence-corrected chi connectivity index (χ0v) is 10.6. The molecule has 2 N–H and O–H groups in total. The van der Waals surface area contributed by atoms with Crippen LogP contribution in [0, 0.1) is 6.92 Å². The predicted molar refractivity (Wildman–Crippen MR) is 75.5 cm³/mol. The highest BCUT2D eigenvalue weighted by atomic mass is 35.5. The molecule has 92 valence electrons. The van der Waals surface area contributed by atoms with Crippen LogP contribution in [-0.2, 0) is 0 Å². The second-order valence-corrected chi connectivity index (χ2v) is 4.34. The van der Waals surface area contributed by atoms with Gasteiger partial charge in [0.2, 0.25) is 0 Å². The molecule has 0 heterocycles. The van der Waals surface area contributed by atoms with Crippen LogP contribution in [0.15, 0.2) is 47.6 Å². The van der Waals surface area contributed by atoms with Gasteiger partial charge in [-0.15, -0.1) is 0 Å². The Morgan fingerprint density at radius 1 is 1.22 bits per heavy atom. The van der Waals surface area contributed by atoms with Crippen molar-refractivity contribution < 1.29 is 5.11 Å². The lowest BCUT2D eigenvalue weighted by atomic mass is 10.2. The van der Waals surface area contributed by atoms with Crippen molar-refractivity contribution in [1.82, 2.24) is 0 Å². The molecule has 0 aliphatic rings. The van der Waals surface area contributed by atoms with Gasteiger partial charge < -0.3 is 5.11 Å². The lowest BCUT2D eigenvalue weighted by molar-refractivity contribution is 0.475. The zero-order chi connectivity index (χ0) is 13.0. The second kappa shape index (κ2) is 5.56. The highest BCUT2D eigenvalue weighted by molar-refractivity contribution is 6.31. The maximum Gasteiger partial charge on any atom is 0.116 e. The van der Waals surface area contributed by atoms with Crippen molar-refractivity contribution >= 4 is 23.5 Å². The second-order valence-electron chi connectivity index (χ2n) is 3.93. The van der Waals surface area contributed by atoms with Crippen molar-refractivity contribution in [2.45, 2.75) is 6.92 Å². The third-order valence-electron chi connectivity index (χ3n) is 2.45. The summed E-state index contributed by atoms with van der Waals surface area (Å²) < 4.78 is 0. The maximum atomic E-state index is 9.30. The number of hydrogen-bond acceptors (Lipinski definition) is 3. The number of phenolic OH excluding ortho intramolecular Hbond substituents is 1. The van der Waals surface area contributed by atoms with E-state index in [2.05, 4.69) is 10.5 Å². The van der Waals surface area contributed by atoms with Gasteiger partial charge in [-0.2, -0.15) is 5.10 Å². The van der Waals surface area contributed by atoms with Gasteiger partial charge in [0.05, 0.1) is 11.9 Å². The summed E-state index contributed by atoms with van der Waals surface area (Å²) >= 11 is 6.01. The van der Waals surface area contributed by atoms with Gasteiger partial charge in [-0.05, 0) is 42.3 Å². The van der Waals surface area contributed by atoms with Gasteiger partial charge in [0.25, 0.3) is 0 Å². The Hall–Kier alpha value is -2.00. The average Bonchev–Trinajstić information content (AvgIpc) is 2.34. The van der Waals surface area contributed by atoms with Crippen LogP contribution in [0.5, 0.6) is 5.75 Å². The molecular formula is C14H13ClN2O. The number of phenols is 1. The normalized spacial score (nSPS) is 10.8. The van der Waals surface area contributed by atoms with Gasteiger partial charge in [-0.3, -0.25) is 5.43 Å². The van der Waals surface area contributed by atoms with E-state index in [1.54, 1.807) is 24.4 Å². The van der Waals surface area contributed by atoms with Crippen LogP contribution in [-0.4, -0.2) is 11.3 Å². The Morgan fingerprint density at radius 2 is 2.06 bits per heavy atom. The van der Waals surface area contributed by atoms with Crippen molar-refractivity contribution in [2.24, 2.45) is 5.10 Å². The molecule has 2 aromatic rings. The molecule has 0 bridgehead atoms. The van der Waals surface area contributed by atoms with E-state index in [-0.39, 0.29) is 5.75 Å². The van der Waals surface area contributed by atoms with Crippen molar-refractivity contribution in [1.29, 1.82) is 0 Å². The number of hydrogen-bond donors (Lipinski definition) is 2. The third-order valence-corrected chi connectivity index (χ3v) is 2.86. The van der Waals surface area contributed by atoms with E-state index >= 15 is 0 Å². The van der Waals surface area contributed by atoms with E-state index in [9.17, 15) is 5.11 Å². The smallest absolute Gasteiger partial charge is 0.116 e. The molecule has 0 amide bonds. The molecule has 0 saturated carbocycles. The van der Waals surface area contributed by atoms with Crippen molar-refractivity contribution in [3.8, 4) is 5.75 Å². The van der Waals surface area contributed by atoms with E-state index in [0.717, 1.165) is 16.8 Å². The minimum atomic E-state index is 0.220. The monoisotopic (exact) mass is 260 g/mol.